The third-order valence-corrected chi connectivity index (χ3v) is 9.47. The number of amides is 1. The maximum Gasteiger partial charge on any atom is 0.265 e. The average Bonchev–Trinajstić information content (AvgIpc) is 2.91. The first-order valence-corrected chi connectivity index (χ1v) is 14.1. The lowest BCUT2D eigenvalue weighted by atomic mass is 9.98. The van der Waals surface area contributed by atoms with Gasteiger partial charge in [0.1, 0.15) is 0 Å². The standard InChI is InChI=1S/C27H33F2NO6S/c1-26(28,29)14-13-20-5-7-21(8-6-20)22-9-11-23(12-10-22)37(32,33)27(15-18-34-19-16-27)25(31)30-36-24-4-2-3-17-35-24/h5-12,24H,2-4,13-19H2,1H3,(H,30,31). The SMILES string of the molecule is CC(F)(F)CCc1ccc(-c2ccc(S(=O)(=O)C3(C(=O)NOC4CCCCO4)CCOCC3)cc2)cc1. The molecule has 1 amide bonds. The molecule has 0 spiro atoms. The Hall–Kier alpha value is -2.40. The van der Waals surface area contributed by atoms with Crippen LogP contribution in [-0.4, -0.2) is 51.1 Å². The Kier molecular flexibility index (Phi) is 8.63. The van der Waals surface area contributed by atoms with Gasteiger partial charge in [0.05, 0.1) is 4.90 Å². The van der Waals surface area contributed by atoms with Crippen molar-refractivity contribution in [1.29, 1.82) is 0 Å². The number of alkyl halides is 2. The van der Waals surface area contributed by atoms with E-state index < -0.39 is 32.7 Å². The second-order valence-electron chi connectivity index (χ2n) is 9.75. The molecule has 2 heterocycles. The Morgan fingerprint density at radius 3 is 2.22 bits per heavy atom. The van der Waals surface area contributed by atoms with E-state index in [1.165, 1.54) is 12.1 Å². The van der Waals surface area contributed by atoms with Gasteiger partial charge in [-0.25, -0.2) is 27.5 Å². The van der Waals surface area contributed by atoms with Gasteiger partial charge in [0.2, 0.25) is 5.92 Å². The molecule has 2 aliphatic heterocycles. The number of ether oxygens (including phenoxy) is 2. The lowest BCUT2D eigenvalue weighted by molar-refractivity contribution is -0.202. The molecule has 2 aliphatic rings. The molecule has 4 rings (SSSR count). The zero-order chi connectivity index (χ0) is 26.5. The normalized spacial score (nSPS) is 20.4. The number of nitrogens with one attached hydrogen (secondary N) is 1. The zero-order valence-corrected chi connectivity index (χ0v) is 21.7. The summed E-state index contributed by atoms with van der Waals surface area (Å²) in [6.07, 6.45) is 1.91. The summed E-state index contributed by atoms with van der Waals surface area (Å²) in [4.78, 5) is 18.7. The number of carbonyl (C=O) groups is 1. The summed E-state index contributed by atoms with van der Waals surface area (Å²) in [7, 11) is -4.09. The second-order valence-corrected chi connectivity index (χ2v) is 12.0. The van der Waals surface area contributed by atoms with E-state index in [0.29, 0.717) is 13.0 Å². The van der Waals surface area contributed by atoms with Crippen molar-refractivity contribution in [2.24, 2.45) is 0 Å². The predicted molar refractivity (Wildman–Crippen MR) is 134 cm³/mol. The molecule has 10 heteroatoms. The van der Waals surface area contributed by atoms with E-state index in [-0.39, 0.29) is 43.8 Å². The molecule has 0 aliphatic carbocycles. The Balaban J connectivity index is 1.50. The molecular formula is C27H33F2NO6S. The van der Waals surface area contributed by atoms with Gasteiger partial charge in [-0.1, -0.05) is 36.4 Å². The summed E-state index contributed by atoms with van der Waals surface area (Å²) >= 11 is 0. The first-order chi connectivity index (χ1) is 17.6. The van der Waals surface area contributed by atoms with Crippen molar-refractivity contribution >= 4 is 15.7 Å². The smallest absolute Gasteiger partial charge is 0.265 e. The van der Waals surface area contributed by atoms with Crippen LogP contribution in [0.4, 0.5) is 8.78 Å². The molecule has 2 saturated heterocycles. The molecule has 0 aromatic heterocycles. The van der Waals surface area contributed by atoms with Crippen LogP contribution in [0.1, 0.15) is 51.0 Å². The van der Waals surface area contributed by atoms with Gasteiger partial charge >= 0.3 is 0 Å². The first kappa shape index (κ1) is 27.6. The zero-order valence-electron chi connectivity index (χ0n) is 20.9. The first-order valence-electron chi connectivity index (χ1n) is 12.6. The molecule has 1 atom stereocenters. The van der Waals surface area contributed by atoms with Crippen LogP contribution in [0.2, 0.25) is 0 Å². The highest BCUT2D eigenvalue weighted by Gasteiger charge is 2.52. The molecule has 1 unspecified atom stereocenters. The van der Waals surface area contributed by atoms with Gasteiger partial charge in [-0.15, -0.1) is 0 Å². The van der Waals surface area contributed by atoms with Crippen LogP contribution in [0.3, 0.4) is 0 Å². The molecule has 37 heavy (non-hydrogen) atoms. The third kappa shape index (κ3) is 6.54. The Labute approximate surface area is 216 Å². The number of aryl methyl sites for hydroxylation is 1. The molecule has 1 N–H and O–H groups in total. The molecule has 0 saturated carbocycles. The van der Waals surface area contributed by atoms with Crippen molar-refractivity contribution in [2.75, 3.05) is 19.8 Å². The maximum atomic E-state index is 13.8. The minimum absolute atomic E-state index is 0.00999. The van der Waals surface area contributed by atoms with Gasteiger partial charge < -0.3 is 9.47 Å². The molecule has 202 valence electrons. The van der Waals surface area contributed by atoms with E-state index in [2.05, 4.69) is 5.48 Å². The van der Waals surface area contributed by atoms with Crippen LogP contribution in [0.15, 0.2) is 53.4 Å². The fraction of sp³-hybridized carbons (Fsp3) is 0.519. The summed E-state index contributed by atoms with van der Waals surface area (Å²) in [5.41, 5.74) is 4.76. The second kappa shape index (κ2) is 11.6. The quantitative estimate of drug-likeness (QED) is 0.461. The summed E-state index contributed by atoms with van der Waals surface area (Å²) in [5.74, 6) is -3.43. The van der Waals surface area contributed by atoms with E-state index in [1.807, 2.05) is 12.1 Å². The van der Waals surface area contributed by atoms with Gasteiger partial charge in [0, 0.05) is 32.7 Å². The highest BCUT2D eigenvalue weighted by Crippen LogP contribution is 2.36. The Morgan fingerprint density at radius 2 is 1.65 bits per heavy atom. The van der Waals surface area contributed by atoms with Gasteiger partial charge in [-0.3, -0.25) is 4.79 Å². The highest BCUT2D eigenvalue weighted by molar-refractivity contribution is 7.93. The van der Waals surface area contributed by atoms with E-state index in [9.17, 15) is 22.0 Å². The topological polar surface area (TPSA) is 90.9 Å². The number of carbonyl (C=O) groups excluding carboxylic acids is 1. The molecule has 0 bridgehead atoms. The van der Waals surface area contributed by atoms with Gasteiger partial charge in [0.15, 0.2) is 20.9 Å². The minimum Gasteiger partial charge on any atom is -0.381 e. The van der Waals surface area contributed by atoms with Crippen LogP contribution in [0, 0.1) is 0 Å². The van der Waals surface area contributed by atoms with E-state index in [1.54, 1.807) is 24.3 Å². The van der Waals surface area contributed by atoms with Crippen molar-refractivity contribution in [2.45, 2.75) is 73.7 Å². The van der Waals surface area contributed by atoms with Crippen LogP contribution in [0.5, 0.6) is 0 Å². The van der Waals surface area contributed by atoms with Gasteiger partial charge in [0.25, 0.3) is 5.91 Å². The predicted octanol–water partition coefficient (Wildman–Crippen LogP) is 4.84. The summed E-state index contributed by atoms with van der Waals surface area (Å²) < 4.78 is 62.9. The lowest BCUT2D eigenvalue weighted by Crippen LogP contribution is -2.56. The van der Waals surface area contributed by atoms with Crippen LogP contribution < -0.4 is 5.48 Å². The van der Waals surface area contributed by atoms with Crippen molar-refractivity contribution in [3.63, 3.8) is 0 Å². The molecular weight excluding hydrogens is 504 g/mol. The average molecular weight is 538 g/mol. The van der Waals surface area contributed by atoms with E-state index >= 15 is 0 Å². The molecule has 7 nitrogen and oxygen atoms in total. The number of benzene rings is 2. The molecule has 0 radical (unpaired) electrons. The van der Waals surface area contributed by atoms with Crippen molar-refractivity contribution in [1.82, 2.24) is 5.48 Å². The molecule has 2 aromatic carbocycles. The largest absolute Gasteiger partial charge is 0.381 e. The van der Waals surface area contributed by atoms with Gasteiger partial charge in [-0.05, 0) is 67.9 Å². The van der Waals surface area contributed by atoms with Crippen molar-refractivity contribution in [3.05, 3.63) is 54.1 Å². The number of hydrogen-bond donors (Lipinski definition) is 1. The van der Waals surface area contributed by atoms with E-state index in [0.717, 1.165) is 36.5 Å². The number of hydrogen-bond acceptors (Lipinski definition) is 6. The molecule has 2 aromatic rings. The van der Waals surface area contributed by atoms with Crippen molar-refractivity contribution in [3.8, 4) is 11.1 Å². The van der Waals surface area contributed by atoms with Gasteiger partial charge in [-0.2, -0.15) is 0 Å². The van der Waals surface area contributed by atoms with Crippen LogP contribution in [0.25, 0.3) is 11.1 Å². The Morgan fingerprint density at radius 1 is 1.03 bits per heavy atom. The van der Waals surface area contributed by atoms with Crippen LogP contribution in [-0.2, 0) is 35.4 Å². The molecule has 2 fully saturated rings. The summed E-state index contributed by atoms with van der Waals surface area (Å²) in [6.45, 7) is 1.72. The lowest BCUT2D eigenvalue weighted by Gasteiger charge is -2.35. The Bertz CT molecular complexity index is 1150. The number of halogens is 2. The minimum atomic E-state index is -4.09. The monoisotopic (exact) mass is 537 g/mol. The summed E-state index contributed by atoms with van der Waals surface area (Å²) in [5, 5.41) is 0. The fourth-order valence-electron chi connectivity index (χ4n) is 4.62. The fourth-order valence-corrected chi connectivity index (χ4v) is 6.55. The highest BCUT2D eigenvalue weighted by atomic mass is 32.2. The van der Waals surface area contributed by atoms with Crippen LogP contribution >= 0.6 is 0 Å². The third-order valence-electron chi connectivity index (χ3n) is 6.95. The number of rotatable bonds is 9. The number of hydroxylamine groups is 1. The maximum absolute atomic E-state index is 13.8. The van der Waals surface area contributed by atoms with E-state index in [4.69, 9.17) is 14.3 Å². The number of sulfone groups is 1. The van der Waals surface area contributed by atoms with Crippen molar-refractivity contribution < 1.29 is 36.3 Å². The summed E-state index contributed by atoms with van der Waals surface area (Å²) in [6, 6.07) is 13.6.